The highest BCUT2D eigenvalue weighted by molar-refractivity contribution is 14.1. The van der Waals surface area contributed by atoms with Crippen molar-refractivity contribution < 1.29 is 4.79 Å². The fourth-order valence-electron chi connectivity index (χ4n) is 2.33. The van der Waals surface area contributed by atoms with E-state index in [2.05, 4.69) is 49.9 Å². The normalized spacial score (nSPS) is 26.2. The molecule has 0 bridgehead atoms. The molecule has 0 unspecified atom stereocenters. The van der Waals surface area contributed by atoms with Crippen LogP contribution in [-0.2, 0) is 4.79 Å². The zero-order valence-corrected chi connectivity index (χ0v) is 12.7. The van der Waals surface area contributed by atoms with Gasteiger partial charge in [-0.15, -0.1) is 6.58 Å². The predicted molar refractivity (Wildman–Crippen MR) is 76.7 cm³/mol. The van der Waals surface area contributed by atoms with Crippen LogP contribution in [0, 0.1) is 17.3 Å². The molecule has 0 aliphatic carbocycles. The molecule has 0 aromatic rings. The van der Waals surface area contributed by atoms with Gasteiger partial charge in [-0.05, 0) is 17.8 Å². The zero-order valence-electron chi connectivity index (χ0n) is 10.5. The van der Waals surface area contributed by atoms with Crippen LogP contribution in [0.15, 0.2) is 12.7 Å². The fraction of sp³-hybridized carbons (Fsp3) is 0.769. The Balaban J connectivity index is 2.73. The summed E-state index contributed by atoms with van der Waals surface area (Å²) in [7, 11) is 0. The minimum absolute atomic E-state index is 0.219. The maximum absolute atomic E-state index is 12.2. The van der Waals surface area contributed by atoms with Gasteiger partial charge in [0.15, 0.2) is 0 Å². The summed E-state index contributed by atoms with van der Waals surface area (Å²) >= 11 is 2.40. The molecule has 1 rings (SSSR count). The first-order chi connectivity index (χ1) is 7.39. The summed E-state index contributed by atoms with van der Waals surface area (Å²) in [4.78, 5) is 14.2. The lowest BCUT2D eigenvalue weighted by Crippen LogP contribution is -2.29. The molecule has 1 saturated heterocycles. The first-order valence-corrected chi connectivity index (χ1v) is 7.37. The zero-order chi connectivity index (χ0) is 12.3. The van der Waals surface area contributed by atoms with E-state index in [1.54, 1.807) is 0 Å². The molecule has 1 amide bonds. The van der Waals surface area contributed by atoms with E-state index in [1.807, 2.05) is 11.0 Å². The smallest absolute Gasteiger partial charge is 0.226 e. The van der Waals surface area contributed by atoms with E-state index in [1.165, 1.54) is 0 Å². The van der Waals surface area contributed by atoms with E-state index >= 15 is 0 Å². The van der Waals surface area contributed by atoms with Crippen LogP contribution >= 0.6 is 22.6 Å². The van der Waals surface area contributed by atoms with Crippen molar-refractivity contribution in [2.45, 2.75) is 27.2 Å². The Morgan fingerprint density at radius 2 is 2.19 bits per heavy atom. The Morgan fingerprint density at radius 1 is 1.56 bits per heavy atom. The monoisotopic (exact) mass is 335 g/mol. The standard InChI is InChI=1S/C13H22INO/c1-5-6-15-9-10(8-14)11(12(15)16)7-13(2,3)4/h5,10-11H,1,6-9H2,2-4H3/t10-,11+/m1/s1. The van der Waals surface area contributed by atoms with Crippen LogP contribution in [-0.4, -0.2) is 28.3 Å². The van der Waals surface area contributed by atoms with Gasteiger partial charge < -0.3 is 4.90 Å². The third-order valence-corrected chi connectivity index (χ3v) is 4.16. The number of carbonyl (C=O) groups excluding carboxylic acids is 1. The van der Waals surface area contributed by atoms with Gasteiger partial charge in [-0.1, -0.05) is 49.4 Å². The summed E-state index contributed by atoms with van der Waals surface area (Å²) in [5.41, 5.74) is 0.231. The Bertz CT molecular complexity index is 270. The first-order valence-electron chi connectivity index (χ1n) is 5.84. The number of rotatable bonds is 4. The molecule has 3 heteroatoms. The molecule has 2 atom stereocenters. The number of carbonyl (C=O) groups is 1. The average Bonchev–Trinajstić information content (AvgIpc) is 2.44. The minimum Gasteiger partial charge on any atom is -0.338 e. The molecule has 2 nitrogen and oxygen atoms in total. The molecule has 0 aromatic heterocycles. The number of amides is 1. The lowest BCUT2D eigenvalue weighted by Gasteiger charge is -2.24. The highest BCUT2D eigenvalue weighted by Crippen LogP contribution is 2.35. The van der Waals surface area contributed by atoms with Crippen LogP contribution in [0.2, 0.25) is 0 Å². The molecule has 1 fully saturated rings. The Kier molecular flexibility index (Phi) is 4.83. The maximum Gasteiger partial charge on any atom is 0.226 e. The van der Waals surface area contributed by atoms with Gasteiger partial charge in [-0.3, -0.25) is 4.79 Å². The van der Waals surface area contributed by atoms with Crippen LogP contribution in [0.25, 0.3) is 0 Å². The molecule has 0 aromatic carbocycles. The predicted octanol–water partition coefficient (Wildman–Crippen LogP) is 3.12. The van der Waals surface area contributed by atoms with E-state index < -0.39 is 0 Å². The van der Waals surface area contributed by atoms with Gasteiger partial charge in [0, 0.05) is 23.4 Å². The molecular weight excluding hydrogens is 313 g/mol. The van der Waals surface area contributed by atoms with Crippen molar-refractivity contribution in [3.05, 3.63) is 12.7 Å². The Labute approximate surface area is 113 Å². The number of nitrogens with zero attached hydrogens (tertiary/aromatic N) is 1. The molecule has 1 aliphatic heterocycles. The third-order valence-electron chi connectivity index (χ3n) is 3.03. The van der Waals surface area contributed by atoms with Gasteiger partial charge in [0.25, 0.3) is 0 Å². The van der Waals surface area contributed by atoms with Crippen molar-refractivity contribution in [1.29, 1.82) is 0 Å². The van der Waals surface area contributed by atoms with Gasteiger partial charge in [-0.2, -0.15) is 0 Å². The van der Waals surface area contributed by atoms with Crippen LogP contribution in [0.3, 0.4) is 0 Å². The van der Waals surface area contributed by atoms with E-state index in [0.717, 1.165) is 17.4 Å². The minimum atomic E-state index is 0.219. The molecule has 1 aliphatic rings. The van der Waals surface area contributed by atoms with E-state index in [4.69, 9.17) is 0 Å². The molecule has 92 valence electrons. The fourth-order valence-corrected chi connectivity index (χ4v) is 3.22. The van der Waals surface area contributed by atoms with Gasteiger partial charge in [0.05, 0.1) is 0 Å². The van der Waals surface area contributed by atoms with Crippen molar-refractivity contribution in [2.75, 3.05) is 17.5 Å². The van der Waals surface area contributed by atoms with Crippen molar-refractivity contribution in [1.82, 2.24) is 4.90 Å². The van der Waals surface area contributed by atoms with Crippen LogP contribution < -0.4 is 0 Å². The molecule has 0 N–H and O–H groups in total. The van der Waals surface area contributed by atoms with Crippen LogP contribution in [0.5, 0.6) is 0 Å². The van der Waals surface area contributed by atoms with Crippen molar-refractivity contribution >= 4 is 28.5 Å². The number of likely N-dealkylation sites (tertiary alicyclic amines) is 1. The number of halogens is 1. The summed E-state index contributed by atoms with van der Waals surface area (Å²) in [6, 6.07) is 0. The van der Waals surface area contributed by atoms with Crippen molar-refractivity contribution in [3.63, 3.8) is 0 Å². The topological polar surface area (TPSA) is 20.3 Å². The third kappa shape index (κ3) is 3.47. The molecule has 0 spiro atoms. The highest BCUT2D eigenvalue weighted by Gasteiger charge is 2.40. The molecule has 0 saturated carbocycles. The Morgan fingerprint density at radius 3 is 2.62 bits per heavy atom. The second-order valence-corrected chi connectivity index (χ2v) is 6.70. The maximum atomic E-state index is 12.2. The SMILES string of the molecule is C=CCN1C[C@@H](CI)[C@H](CC(C)(C)C)C1=O. The summed E-state index contributed by atoms with van der Waals surface area (Å²) < 4.78 is 1.07. The summed E-state index contributed by atoms with van der Waals surface area (Å²) in [5.74, 6) is 1.07. The number of hydrogen-bond acceptors (Lipinski definition) is 1. The van der Waals surface area contributed by atoms with Gasteiger partial charge in [0.2, 0.25) is 5.91 Å². The summed E-state index contributed by atoms with van der Waals surface area (Å²) in [6.45, 7) is 12.0. The van der Waals surface area contributed by atoms with Gasteiger partial charge in [0.1, 0.15) is 0 Å². The second-order valence-electron chi connectivity index (χ2n) is 5.82. The summed E-state index contributed by atoms with van der Waals surface area (Å²) in [6.07, 6.45) is 2.81. The van der Waals surface area contributed by atoms with Gasteiger partial charge in [-0.25, -0.2) is 0 Å². The quantitative estimate of drug-likeness (QED) is 0.439. The molecule has 1 heterocycles. The van der Waals surface area contributed by atoms with E-state index in [0.29, 0.717) is 18.4 Å². The Hall–Kier alpha value is -0.0600. The lowest BCUT2D eigenvalue weighted by atomic mass is 9.80. The lowest BCUT2D eigenvalue weighted by molar-refractivity contribution is -0.131. The van der Waals surface area contributed by atoms with Crippen molar-refractivity contribution in [2.24, 2.45) is 17.3 Å². The van der Waals surface area contributed by atoms with E-state index in [9.17, 15) is 4.79 Å². The molecule has 16 heavy (non-hydrogen) atoms. The summed E-state index contributed by atoms with van der Waals surface area (Å²) in [5, 5.41) is 0. The number of alkyl halides is 1. The van der Waals surface area contributed by atoms with Crippen LogP contribution in [0.4, 0.5) is 0 Å². The van der Waals surface area contributed by atoms with Crippen molar-refractivity contribution in [3.8, 4) is 0 Å². The molecular formula is C13H22INO. The van der Waals surface area contributed by atoms with E-state index in [-0.39, 0.29) is 11.3 Å². The van der Waals surface area contributed by atoms with Gasteiger partial charge >= 0.3 is 0 Å². The average molecular weight is 335 g/mol. The number of hydrogen-bond donors (Lipinski definition) is 0. The largest absolute Gasteiger partial charge is 0.338 e. The van der Waals surface area contributed by atoms with Crippen LogP contribution in [0.1, 0.15) is 27.2 Å². The second kappa shape index (κ2) is 5.52. The highest BCUT2D eigenvalue weighted by atomic mass is 127. The first kappa shape index (κ1) is 14.0. The molecule has 0 radical (unpaired) electrons.